The van der Waals surface area contributed by atoms with Crippen molar-refractivity contribution in [1.29, 1.82) is 0 Å². The van der Waals surface area contributed by atoms with Crippen LogP contribution in [0.2, 0.25) is 0 Å². The molecule has 0 saturated carbocycles. The van der Waals surface area contributed by atoms with Crippen molar-refractivity contribution in [3.8, 4) is 0 Å². The highest BCUT2D eigenvalue weighted by atomic mass is 16.1. The summed E-state index contributed by atoms with van der Waals surface area (Å²) in [5, 5.41) is 7.44. The van der Waals surface area contributed by atoms with E-state index in [1.165, 1.54) is 0 Å². The molecule has 1 aliphatic rings. The van der Waals surface area contributed by atoms with Crippen LogP contribution in [0.5, 0.6) is 0 Å². The molecule has 4 heteroatoms. The van der Waals surface area contributed by atoms with Gasteiger partial charge in [0.05, 0.1) is 11.1 Å². The molecule has 0 radical (unpaired) electrons. The molecule has 0 unspecified atom stereocenters. The van der Waals surface area contributed by atoms with Gasteiger partial charge in [0.15, 0.2) is 0 Å². The van der Waals surface area contributed by atoms with Crippen LogP contribution in [0.4, 0.5) is 0 Å². The topological polar surface area (TPSA) is 54.0 Å². The van der Waals surface area contributed by atoms with E-state index in [2.05, 4.69) is 15.6 Å². The van der Waals surface area contributed by atoms with Gasteiger partial charge >= 0.3 is 0 Å². The number of rotatable bonds is 2. The van der Waals surface area contributed by atoms with Crippen LogP contribution in [-0.2, 0) is 0 Å². The molecule has 0 atom stereocenters. The molecule has 2 heterocycles. The molecule has 3 rings (SSSR count). The maximum Gasteiger partial charge on any atom is 0.253 e. The van der Waals surface area contributed by atoms with Crippen LogP contribution in [0.25, 0.3) is 10.9 Å². The molecule has 1 saturated heterocycles. The first-order valence-electron chi connectivity index (χ1n) is 7.12. The Morgan fingerprint density at radius 3 is 2.85 bits per heavy atom. The monoisotopic (exact) mass is 269 g/mol. The van der Waals surface area contributed by atoms with E-state index >= 15 is 0 Å². The zero-order valence-electron chi connectivity index (χ0n) is 11.6. The second-order valence-electron chi connectivity index (χ2n) is 5.33. The Morgan fingerprint density at radius 2 is 2.05 bits per heavy atom. The standard InChI is InChI=1S/C16H19N3O/c1-11-5-6-12-3-2-4-14(15(12)18-11)16(20)19-13-7-9-17-10-8-13/h2-6,13,17H,7-10H2,1H3,(H,19,20). The molecule has 2 aromatic rings. The van der Waals surface area contributed by atoms with Crippen molar-refractivity contribution < 1.29 is 4.79 Å². The molecule has 104 valence electrons. The molecule has 2 N–H and O–H groups in total. The van der Waals surface area contributed by atoms with E-state index in [1.54, 1.807) is 0 Å². The SMILES string of the molecule is Cc1ccc2cccc(C(=O)NC3CCNCC3)c2n1. The van der Waals surface area contributed by atoms with E-state index in [9.17, 15) is 4.79 Å². The van der Waals surface area contributed by atoms with E-state index in [0.29, 0.717) is 5.56 Å². The highest BCUT2D eigenvalue weighted by Crippen LogP contribution is 2.17. The third-order valence-corrected chi connectivity index (χ3v) is 3.78. The van der Waals surface area contributed by atoms with Gasteiger partial charge < -0.3 is 10.6 Å². The lowest BCUT2D eigenvalue weighted by molar-refractivity contribution is 0.0931. The predicted octanol–water partition coefficient (Wildman–Crippen LogP) is 2.03. The summed E-state index contributed by atoms with van der Waals surface area (Å²) in [5.74, 6) is -0.0133. The van der Waals surface area contributed by atoms with Crippen LogP contribution in [0, 0.1) is 6.92 Å². The first-order chi connectivity index (χ1) is 9.74. The Morgan fingerprint density at radius 1 is 1.25 bits per heavy atom. The van der Waals surface area contributed by atoms with Gasteiger partial charge in [0.1, 0.15) is 0 Å². The van der Waals surface area contributed by atoms with Crippen LogP contribution < -0.4 is 10.6 Å². The summed E-state index contributed by atoms with van der Waals surface area (Å²) in [6.45, 7) is 3.89. The van der Waals surface area contributed by atoms with Gasteiger partial charge in [-0.15, -0.1) is 0 Å². The zero-order valence-corrected chi connectivity index (χ0v) is 11.6. The van der Waals surface area contributed by atoms with Gasteiger partial charge in [0, 0.05) is 17.1 Å². The maximum absolute atomic E-state index is 12.5. The van der Waals surface area contributed by atoms with E-state index < -0.39 is 0 Å². The lowest BCUT2D eigenvalue weighted by Crippen LogP contribution is -2.42. The minimum absolute atomic E-state index is 0.0133. The van der Waals surface area contributed by atoms with Crippen molar-refractivity contribution in [2.75, 3.05) is 13.1 Å². The van der Waals surface area contributed by atoms with E-state index in [1.807, 2.05) is 37.3 Å². The van der Waals surface area contributed by atoms with Gasteiger partial charge in [-0.3, -0.25) is 9.78 Å². The fourth-order valence-electron chi connectivity index (χ4n) is 2.66. The first kappa shape index (κ1) is 13.1. The quantitative estimate of drug-likeness (QED) is 0.877. The minimum Gasteiger partial charge on any atom is -0.349 e. The summed E-state index contributed by atoms with van der Waals surface area (Å²) in [7, 11) is 0. The predicted molar refractivity (Wildman–Crippen MR) is 79.8 cm³/mol. The molecule has 1 aromatic heterocycles. The highest BCUT2D eigenvalue weighted by Gasteiger charge is 2.18. The van der Waals surface area contributed by atoms with Gasteiger partial charge in [-0.1, -0.05) is 18.2 Å². The van der Waals surface area contributed by atoms with Gasteiger partial charge in [0.2, 0.25) is 0 Å². The number of para-hydroxylation sites is 1. The number of carbonyl (C=O) groups is 1. The largest absolute Gasteiger partial charge is 0.349 e. The van der Waals surface area contributed by atoms with Gasteiger partial charge in [-0.2, -0.15) is 0 Å². The summed E-state index contributed by atoms with van der Waals surface area (Å²) in [6, 6.07) is 10.0. The number of carbonyl (C=O) groups excluding carboxylic acids is 1. The van der Waals surface area contributed by atoms with Crippen LogP contribution in [0.15, 0.2) is 30.3 Å². The summed E-state index contributed by atoms with van der Waals surface area (Å²) in [5.41, 5.74) is 2.39. The van der Waals surface area contributed by atoms with E-state index in [0.717, 1.165) is 42.5 Å². The number of hydrogen-bond donors (Lipinski definition) is 2. The molecule has 0 spiro atoms. The van der Waals surface area contributed by atoms with Crippen LogP contribution in [0.3, 0.4) is 0 Å². The number of nitrogens with one attached hydrogen (secondary N) is 2. The smallest absolute Gasteiger partial charge is 0.253 e. The Bertz CT molecular complexity index is 633. The number of aryl methyl sites for hydroxylation is 1. The molecule has 20 heavy (non-hydrogen) atoms. The van der Waals surface area contributed by atoms with Crippen molar-refractivity contribution in [2.24, 2.45) is 0 Å². The third kappa shape index (κ3) is 2.65. The minimum atomic E-state index is -0.0133. The normalized spacial score (nSPS) is 16.2. The number of nitrogens with zero attached hydrogens (tertiary/aromatic N) is 1. The van der Waals surface area contributed by atoms with Gasteiger partial charge in [-0.05, 0) is 45.0 Å². The summed E-state index contributed by atoms with van der Waals surface area (Å²) in [6.07, 6.45) is 1.98. The number of fused-ring (bicyclic) bond motifs is 1. The fourth-order valence-corrected chi connectivity index (χ4v) is 2.66. The van der Waals surface area contributed by atoms with Crippen molar-refractivity contribution in [2.45, 2.75) is 25.8 Å². The van der Waals surface area contributed by atoms with Gasteiger partial charge in [0.25, 0.3) is 5.91 Å². The van der Waals surface area contributed by atoms with Crippen LogP contribution in [0.1, 0.15) is 28.9 Å². The number of aromatic nitrogens is 1. The molecular weight excluding hydrogens is 250 g/mol. The molecule has 4 nitrogen and oxygen atoms in total. The highest BCUT2D eigenvalue weighted by molar-refractivity contribution is 6.05. The average molecular weight is 269 g/mol. The lowest BCUT2D eigenvalue weighted by atomic mass is 10.0. The van der Waals surface area contributed by atoms with Crippen LogP contribution in [-0.4, -0.2) is 30.0 Å². The summed E-state index contributed by atoms with van der Waals surface area (Å²) < 4.78 is 0. The fraction of sp³-hybridized carbons (Fsp3) is 0.375. The van der Waals surface area contributed by atoms with Crippen molar-refractivity contribution in [3.05, 3.63) is 41.6 Å². The molecule has 1 amide bonds. The Labute approximate surface area is 118 Å². The number of amides is 1. The summed E-state index contributed by atoms with van der Waals surface area (Å²) >= 11 is 0. The second kappa shape index (κ2) is 5.59. The number of hydrogen-bond acceptors (Lipinski definition) is 3. The third-order valence-electron chi connectivity index (χ3n) is 3.78. The molecule has 1 aliphatic heterocycles. The molecule has 0 aliphatic carbocycles. The van der Waals surface area contributed by atoms with E-state index in [4.69, 9.17) is 0 Å². The van der Waals surface area contributed by atoms with E-state index in [-0.39, 0.29) is 11.9 Å². The van der Waals surface area contributed by atoms with Crippen molar-refractivity contribution in [3.63, 3.8) is 0 Å². The first-order valence-corrected chi connectivity index (χ1v) is 7.12. The Kier molecular flexibility index (Phi) is 3.65. The van der Waals surface area contributed by atoms with Crippen molar-refractivity contribution in [1.82, 2.24) is 15.6 Å². The molecule has 0 bridgehead atoms. The maximum atomic E-state index is 12.5. The second-order valence-corrected chi connectivity index (χ2v) is 5.33. The number of piperidine rings is 1. The van der Waals surface area contributed by atoms with Gasteiger partial charge in [-0.25, -0.2) is 0 Å². The summed E-state index contributed by atoms with van der Waals surface area (Å²) in [4.78, 5) is 17.0. The Hall–Kier alpha value is -1.94. The van der Waals surface area contributed by atoms with Crippen LogP contribution >= 0.6 is 0 Å². The zero-order chi connectivity index (χ0) is 13.9. The van der Waals surface area contributed by atoms with Crippen molar-refractivity contribution >= 4 is 16.8 Å². The lowest BCUT2D eigenvalue weighted by Gasteiger charge is -2.23. The number of pyridine rings is 1. The average Bonchev–Trinajstić information content (AvgIpc) is 2.47. The molecular formula is C16H19N3O. The molecule has 1 aromatic carbocycles. The molecule has 1 fully saturated rings. The number of benzene rings is 1. The Balaban J connectivity index is 1.88.